The first-order valence-electron chi connectivity index (χ1n) is 8.79. The predicted octanol–water partition coefficient (Wildman–Crippen LogP) is 4.82. The van der Waals surface area contributed by atoms with E-state index in [1.54, 1.807) is 0 Å². The Morgan fingerprint density at radius 2 is 1.52 bits per heavy atom. The van der Waals surface area contributed by atoms with Gasteiger partial charge in [-0.3, -0.25) is 0 Å². The lowest BCUT2D eigenvalue weighted by atomic mass is 9.98. The SMILES string of the molecule is C=CC[N+](C)(C)C(c1ccccc1)C(C)OC(C)Oc1ccccc1. The van der Waals surface area contributed by atoms with E-state index < -0.39 is 0 Å². The summed E-state index contributed by atoms with van der Waals surface area (Å²) in [4.78, 5) is 0. The molecule has 0 N–H and O–H groups in total. The van der Waals surface area contributed by atoms with E-state index in [0.29, 0.717) is 0 Å². The van der Waals surface area contributed by atoms with Crippen LogP contribution >= 0.6 is 0 Å². The van der Waals surface area contributed by atoms with Gasteiger partial charge >= 0.3 is 0 Å². The third-order valence-electron chi connectivity index (χ3n) is 4.39. The summed E-state index contributed by atoms with van der Waals surface area (Å²) in [6.45, 7) is 8.84. The molecule has 0 fully saturated rings. The van der Waals surface area contributed by atoms with Gasteiger partial charge in [0.05, 0.1) is 20.6 Å². The fourth-order valence-corrected chi connectivity index (χ4v) is 3.43. The molecule has 0 aliphatic heterocycles. The maximum Gasteiger partial charge on any atom is 0.197 e. The lowest BCUT2D eigenvalue weighted by molar-refractivity contribution is -0.919. The fourth-order valence-electron chi connectivity index (χ4n) is 3.43. The number of likely N-dealkylation sites (N-methyl/N-ethyl adjacent to an activating group) is 1. The molecule has 3 nitrogen and oxygen atoms in total. The first-order chi connectivity index (χ1) is 11.9. The fraction of sp³-hybridized carbons (Fsp3) is 0.364. The van der Waals surface area contributed by atoms with Crippen molar-refractivity contribution in [2.75, 3.05) is 20.6 Å². The molecule has 0 aromatic heterocycles. The first-order valence-corrected chi connectivity index (χ1v) is 8.79. The number of hydrogen-bond acceptors (Lipinski definition) is 2. The zero-order valence-corrected chi connectivity index (χ0v) is 15.8. The third kappa shape index (κ3) is 5.45. The van der Waals surface area contributed by atoms with E-state index in [2.05, 4.69) is 51.9 Å². The number of ether oxygens (including phenoxy) is 2. The topological polar surface area (TPSA) is 18.5 Å². The van der Waals surface area contributed by atoms with E-state index in [0.717, 1.165) is 16.8 Å². The Morgan fingerprint density at radius 1 is 0.960 bits per heavy atom. The summed E-state index contributed by atoms with van der Waals surface area (Å²) in [5.41, 5.74) is 1.26. The van der Waals surface area contributed by atoms with E-state index in [-0.39, 0.29) is 18.4 Å². The molecule has 0 saturated heterocycles. The Labute approximate surface area is 152 Å². The molecule has 3 unspecified atom stereocenters. The minimum absolute atomic E-state index is 0.0175. The van der Waals surface area contributed by atoms with Gasteiger partial charge in [-0.1, -0.05) is 55.1 Å². The Hall–Kier alpha value is -2.10. The van der Waals surface area contributed by atoms with Gasteiger partial charge in [-0.05, 0) is 32.1 Å². The van der Waals surface area contributed by atoms with Crippen LogP contribution in [0.2, 0.25) is 0 Å². The van der Waals surface area contributed by atoms with Crippen LogP contribution in [0.25, 0.3) is 0 Å². The summed E-state index contributed by atoms with van der Waals surface area (Å²) in [6.07, 6.45) is 1.62. The number of quaternary nitrogens is 1. The number of para-hydroxylation sites is 1. The summed E-state index contributed by atoms with van der Waals surface area (Å²) in [6, 6.07) is 20.5. The largest absolute Gasteiger partial charge is 0.465 e. The summed E-state index contributed by atoms with van der Waals surface area (Å²) in [5.74, 6) is 0.818. The van der Waals surface area contributed by atoms with Crippen molar-refractivity contribution in [2.24, 2.45) is 0 Å². The molecule has 0 aliphatic carbocycles. The monoisotopic (exact) mass is 340 g/mol. The minimum atomic E-state index is -0.327. The molecular formula is C22H30NO2+. The Morgan fingerprint density at radius 3 is 2.08 bits per heavy atom. The molecule has 2 rings (SSSR count). The van der Waals surface area contributed by atoms with Gasteiger partial charge < -0.3 is 14.0 Å². The van der Waals surface area contributed by atoms with Gasteiger partial charge in [0.2, 0.25) is 0 Å². The standard InChI is InChI=1S/C22H30NO2/c1-6-17-23(4,5)22(20-13-9-7-10-14-20)18(2)24-19(3)25-21-15-11-8-12-16-21/h6-16,18-19,22H,1,17H2,2-5H3/q+1. The van der Waals surface area contributed by atoms with Crippen LogP contribution in [0.5, 0.6) is 5.75 Å². The molecule has 3 heteroatoms. The smallest absolute Gasteiger partial charge is 0.197 e. The third-order valence-corrected chi connectivity index (χ3v) is 4.39. The minimum Gasteiger partial charge on any atom is -0.465 e. The van der Waals surface area contributed by atoms with E-state index in [9.17, 15) is 0 Å². The molecule has 0 bridgehead atoms. The molecule has 0 amide bonds. The first kappa shape index (κ1) is 19.2. The van der Waals surface area contributed by atoms with Crippen LogP contribution in [0, 0.1) is 0 Å². The molecule has 2 aromatic carbocycles. The van der Waals surface area contributed by atoms with E-state index >= 15 is 0 Å². The van der Waals surface area contributed by atoms with Crippen LogP contribution in [0.4, 0.5) is 0 Å². The van der Waals surface area contributed by atoms with Crippen LogP contribution in [0.1, 0.15) is 25.5 Å². The van der Waals surface area contributed by atoms with Crippen molar-refractivity contribution < 1.29 is 14.0 Å². The lowest BCUT2D eigenvalue weighted by Gasteiger charge is -2.41. The molecule has 0 spiro atoms. The van der Waals surface area contributed by atoms with E-state index in [4.69, 9.17) is 9.47 Å². The Kier molecular flexibility index (Phi) is 6.80. The highest BCUT2D eigenvalue weighted by Crippen LogP contribution is 2.31. The molecule has 0 saturated carbocycles. The van der Waals surface area contributed by atoms with Crippen LogP contribution in [0.3, 0.4) is 0 Å². The molecule has 0 heterocycles. The van der Waals surface area contributed by atoms with E-state index in [1.807, 2.05) is 49.4 Å². The van der Waals surface area contributed by atoms with Gasteiger partial charge in [0.1, 0.15) is 17.9 Å². The average molecular weight is 340 g/mol. The lowest BCUT2D eigenvalue weighted by Crippen LogP contribution is -2.49. The van der Waals surface area contributed by atoms with E-state index in [1.165, 1.54) is 5.56 Å². The summed E-state index contributed by atoms with van der Waals surface area (Å²) in [7, 11) is 4.42. The normalized spacial score (nSPS) is 15.2. The molecule has 0 radical (unpaired) electrons. The Balaban J connectivity index is 2.14. The molecule has 2 aromatic rings. The average Bonchev–Trinajstić information content (AvgIpc) is 2.56. The van der Waals surface area contributed by atoms with Crippen LogP contribution < -0.4 is 4.74 Å². The zero-order valence-electron chi connectivity index (χ0n) is 15.8. The predicted molar refractivity (Wildman–Crippen MR) is 103 cm³/mol. The van der Waals surface area contributed by atoms with Crippen molar-refractivity contribution in [3.8, 4) is 5.75 Å². The Bertz CT molecular complexity index is 640. The van der Waals surface area contributed by atoms with Gasteiger partial charge in [0.25, 0.3) is 0 Å². The van der Waals surface area contributed by atoms with Crippen molar-refractivity contribution in [3.05, 3.63) is 78.9 Å². The van der Waals surface area contributed by atoms with Gasteiger partial charge in [-0.2, -0.15) is 0 Å². The van der Waals surface area contributed by atoms with Crippen molar-refractivity contribution >= 4 is 0 Å². The molecular weight excluding hydrogens is 310 g/mol. The van der Waals surface area contributed by atoms with Gasteiger partial charge in [0, 0.05) is 5.56 Å². The van der Waals surface area contributed by atoms with Gasteiger partial charge in [-0.25, -0.2) is 0 Å². The highest BCUT2D eigenvalue weighted by atomic mass is 16.7. The van der Waals surface area contributed by atoms with Gasteiger partial charge in [-0.15, -0.1) is 0 Å². The van der Waals surface area contributed by atoms with Crippen molar-refractivity contribution in [2.45, 2.75) is 32.3 Å². The second-order valence-electron chi connectivity index (χ2n) is 6.95. The van der Waals surface area contributed by atoms with Crippen molar-refractivity contribution in [1.82, 2.24) is 0 Å². The van der Waals surface area contributed by atoms with Crippen molar-refractivity contribution in [3.63, 3.8) is 0 Å². The zero-order chi connectivity index (χ0) is 18.3. The molecule has 0 aliphatic rings. The molecule has 134 valence electrons. The summed E-state index contributed by atoms with van der Waals surface area (Å²) >= 11 is 0. The van der Waals surface area contributed by atoms with Crippen LogP contribution in [-0.2, 0) is 4.74 Å². The van der Waals surface area contributed by atoms with Crippen molar-refractivity contribution in [1.29, 1.82) is 0 Å². The van der Waals surface area contributed by atoms with Crippen LogP contribution in [0.15, 0.2) is 73.3 Å². The second-order valence-corrected chi connectivity index (χ2v) is 6.95. The number of nitrogens with zero attached hydrogens (tertiary/aromatic N) is 1. The van der Waals surface area contributed by atoms with Crippen LogP contribution in [-0.4, -0.2) is 37.5 Å². The maximum absolute atomic E-state index is 6.23. The quantitative estimate of drug-likeness (QED) is 0.370. The summed E-state index contributed by atoms with van der Waals surface area (Å²) in [5, 5.41) is 0. The van der Waals surface area contributed by atoms with Gasteiger partial charge in [0.15, 0.2) is 6.29 Å². The highest BCUT2D eigenvalue weighted by Gasteiger charge is 2.35. The maximum atomic E-state index is 6.23. The highest BCUT2D eigenvalue weighted by molar-refractivity contribution is 5.21. The molecule has 3 atom stereocenters. The molecule has 25 heavy (non-hydrogen) atoms. The number of hydrogen-bond donors (Lipinski definition) is 0. The number of rotatable bonds is 9. The summed E-state index contributed by atoms with van der Waals surface area (Å²) < 4.78 is 12.9. The number of benzene rings is 2. The second kappa shape index (κ2) is 8.84.